The maximum Gasteiger partial charge on any atom is 0.374 e. The quantitative estimate of drug-likeness (QED) is 0.678. The zero-order chi connectivity index (χ0) is 17.0. The summed E-state index contributed by atoms with van der Waals surface area (Å²) in [5, 5.41) is -0.334. The number of sulfonamides is 1. The first-order valence-electron chi connectivity index (χ1n) is 7.14. The minimum atomic E-state index is -3.91. The maximum atomic E-state index is 12.4. The summed E-state index contributed by atoms with van der Waals surface area (Å²) in [6.45, 7) is 7.68. The van der Waals surface area contributed by atoms with Gasteiger partial charge in [0.1, 0.15) is 0 Å². The van der Waals surface area contributed by atoms with Crippen molar-refractivity contribution in [2.75, 3.05) is 13.2 Å². The number of nitrogens with two attached hydrogens (primary N) is 1. The molecule has 0 aliphatic heterocycles. The van der Waals surface area contributed by atoms with E-state index in [1.165, 1.54) is 12.1 Å². The van der Waals surface area contributed by atoms with Gasteiger partial charge in [0.2, 0.25) is 10.9 Å². The molecule has 0 fully saturated rings. The molecule has 7 nitrogen and oxygen atoms in total. The van der Waals surface area contributed by atoms with Crippen molar-refractivity contribution >= 4 is 28.4 Å². The molecule has 1 unspecified atom stereocenters. The monoisotopic (exact) mass is 368 g/mol. The highest BCUT2D eigenvalue weighted by Crippen LogP contribution is 2.21. The van der Waals surface area contributed by atoms with Gasteiger partial charge in [0.25, 0.3) is 10.0 Å². The van der Waals surface area contributed by atoms with Gasteiger partial charge in [-0.15, -0.1) is 12.4 Å². The minimum Gasteiger partial charge on any atom is -0.460 e. The molecule has 23 heavy (non-hydrogen) atoms. The van der Waals surface area contributed by atoms with Gasteiger partial charge >= 0.3 is 5.97 Å². The number of hydrogen-bond acceptors (Lipinski definition) is 6. The molecule has 0 saturated heterocycles. The van der Waals surface area contributed by atoms with Crippen LogP contribution in [-0.4, -0.2) is 33.1 Å². The average Bonchev–Trinajstić information content (AvgIpc) is 2.87. The topological polar surface area (TPSA) is 112 Å². The fraction of sp³-hybridized carbons (Fsp3) is 0.643. The normalized spacial score (nSPS) is 14.2. The van der Waals surface area contributed by atoms with Crippen molar-refractivity contribution < 1.29 is 22.4 Å². The summed E-state index contributed by atoms with van der Waals surface area (Å²) in [6, 6.07) is 2.50. The van der Waals surface area contributed by atoms with E-state index in [0.29, 0.717) is 6.42 Å². The predicted molar refractivity (Wildman–Crippen MR) is 89.1 cm³/mol. The molecular formula is C14H25ClN2O5S. The molecule has 1 aromatic rings. The molecule has 3 N–H and O–H groups in total. The molecule has 0 spiro atoms. The molecule has 0 bridgehead atoms. The van der Waals surface area contributed by atoms with Crippen LogP contribution in [0.5, 0.6) is 0 Å². The van der Waals surface area contributed by atoms with Gasteiger partial charge in [-0.25, -0.2) is 17.9 Å². The average molecular weight is 369 g/mol. The molecule has 0 radical (unpaired) electrons. The van der Waals surface area contributed by atoms with Gasteiger partial charge in [-0.05, 0) is 38.3 Å². The van der Waals surface area contributed by atoms with Crippen molar-refractivity contribution in [2.45, 2.75) is 44.7 Å². The van der Waals surface area contributed by atoms with Crippen LogP contribution in [-0.2, 0) is 14.8 Å². The van der Waals surface area contributed by atoms with E-state index in [0.717, 1.165) is 0 Å². The number of halogens is 1. The van der Waals surface area contributed by atoms with Crippen LogP contribution < -0.4 is 10.5 Å². The Morgan fingerprint density at radius 1 is 1.43 bits per heavy atom. The van der Waals surface area contributed by atoms with E-state index < -0.39 is 21.5 Å². The first-order chi connectivity index (χ1) is 10.1. The van der Waals surface area contributed by atoms with Gasteiger partial charge in [0.05, 0.1) is 6.61 Å². The number of carbonyl (C=O) groups excluding carboxylic acids is 1. The first-order valence-corrected chi connectivity index (χ1v) is 8.63. The summed E-state index contributed by atoms with van der Waals surface area (Å²) in [4.78, 5) is 11.5. The third-order valence-electron chi connectivity index (χ3n) is 3.01. The predicted octanol–water partition coefficient (Wildman–Crippen LogP) is 1.92. The van der Waals surface area contributed by atoms with Crippen LogP contribution in [0.25, 0.3) is 0 Å². The molecule has 9 heteroatoms. The lowest BCUT2D eigenvalue weighted by Crippen LogP contribution is -2.51. The Kier molecular flexibility index (Phi) is 8.26. The SMILES string of the molecule is CCOC(=O)c1ccc(S(=O)(=O)NC(C)(CN)CC(C)C)o1.Cl. The Hall–Kier alpha value is -1.09. The van der Waals surface area contributed by atoms with E-state index in [-0.39, 0.29) is 42.3 Å². The van der Waals surface area contributed by atoms with Gasteiger partial charge in [0.15, 0.2) is 0 Å². The van der Waals surface area contributed by atoms with Gasteiger partial charge < -0.3 is 14.9 Å². The maximum absolute atomic E-state index is 12.4. The van der Waals surface area contributed by atoms with Crippen LogP contribution in [0.1, 0.15) is 44.7 Å². The molecule has 1 rings (SSSR count). The molecular weight excluding hydrogens is 344 g/mol. The van der Waals surface area contributed by atoms with E-state index >= 15 is 0 Å². The number of rotatable bonds is 8. The molecule has 0 aliphatic carbocycles. The summed E-state index contributed by atoms with van der Waals surface area (Å²) in [6.07, 6.45) is 0.578. The van der Waals surface area contributed by atoms with Crippen LogP contribution in [0.2, 0.25) is 0 Å². The van der Waals surface area contributed by atoms with Crippen molar-refractivity contribution in [3.8, 4) is 0 Å². The summed E-state index contributed by atoms with van der Waals surface area (Å²) < 4.78 is 37.1. The lowest BCUT2D eigenvalue weighted by atomic mass is 9.92. The number of esters is 1. The minimum absolute atomic E-state index is 0. The van der Waals surface area contributed by atoms with Gasteiger partial charge in [0, 0.05) is 12.1 Å². The Morgan fingerprint density at radius 2 is 2.04 bits per heavy atom. The van der Waals surface area contributed by atoms with E-state index in [1.807, 2.05) is 13.8 Å². The summed E-state index contributed by atoms with van der Waals surface area (Å²) in [5.41, 5.74) is 4.91. The zero-order valence-electron chi connectivity index (χ0n) is 13.8. The lowest BCUT2D eigenvalue weighted by molar-refractivity contribution is 0.0484. The Bertz CT molecular complexity index is 614. The number of hydrogen-bond donors (Lipinski definition) is 2. The Morgan fingerprint density at radius 3 is 2.52 bits per heavy atom. The standard InChI is InChI=1S/C14H24N2O5S.ClH/c1-5-20-13(17)11-6-7-12(21-11)22(18,19)16-14(4,9-15)8-10(2)3;/h6-7,10,16H,5,8-9,15H2,1-4H3;1H. The highest BCUT2D eigenvalue weighted by molar-refractivity contribution is 7.89. The lowest BCUT2D eigenvalue weighted by Gasteiger charge is -2.30. The summed E-state index contributed by atoms with van der Waals surface area (Å²) in [5.74, 6) is -0.587. The fourth-order valence-electron chi connectivity index (χ4n) is 2.22. The molecule has 0 aromatic carbocycles. The van der Waals surface area contributed by atoms with Crippen molar-refractivity contribution in [3.63, 3.8) is 0 Å². The molecule has 134 valence electrons. The molecule has 0 aliphatic rings. The van der Waals surface area contributed by atoms with E-state index in [2.05, 4.69) is 4.72 Å². The number of carbonyl (C=O) groups is 1. The molecule has 1 heterocycles. The first kappa shape index (κ1) is 21.9. The highest BCUT2D eigenvalue weighted by atomic mass is 35.5. The molecule has 0 amide bonds. The molecule has 1 atom stereocenters. The molecule has 0 saturated carbocycles. The smallest absolute Gasteiger partial charge is 0.374 e. The Balaban J connectivity index is 0.00000484. The number of nitrogens with one attached hydrogen (secondary N) is 1. The van der Waals surface area contributed by atoms with E-state index in [4.69, 9.17) is 14.9 Å². The molecule has 1 aromatic heterocycles. The van der Waals surface area contributed by atoms with Crippen LogP contribution in [0.3, 0.4) is 0 Å². The third kappa shape index (κ3) is 6.14. The van der Waals surface area contributed by atoms with Crippen LogP contribution in [0.4, 0.5) is 0 Å². The van der Waals surface area contributed by atoms with E-state index in [1.54, 1.807) is 13.8 Å². The van der Waals surface area contributed by atoms with Crippen LogP contribution >= 0.6 is 12.4 Å². The van der Waals surface area contributed by atoms with Crippen molar-refractivity contribution in [1.29, 1.82) is 0 Å². The van der Waals surface area contributed by atoms with Gasteiger partial charge in [-0.2, -0.15) is 0 Å². The van der Waals surface area contributed by atoms with E-state index in [9.17, 15) is 13.2 Å². The fourth-order valence-corrected chi connectivity index (χ4v) is 3.58. The van der Waals surface area contributed by atoms with Gasteiger partial charge in [-0.1, -0.05) is 13.8 Å². The Labute approximate surface area is 143 Å². The number of ether oxygens (including phenoxy) is 1. The third-order valence-corrected chi connectivity index (χ3v) is 4.52. The van der Waals surface area contributed by atoms with Gasteiger partial charge in [-0.3, -0.25) is 0 Å². The second-order valence-corrected chi connectivity index (χ2v) is 7.42. The van der Waals surface area contributed by atoms with Crippen molar-refractivity contribution in [3.05, 3.63) is 17.9 Å². The van der Waals surface area contributed by atoms with Crippen molar-refractivity contribution in [2.24, 2.45) is 11.7 Å². The largest absolute Gasteiger partial charge is 0.460 e. The zero-order valence-corrected chi connectivity index (χ0v) is 15.4. The highest BCUT2D eigenvalue weighted by Gasteiger charge is 2.32. The van der Waals surface area contributed by atoms with Crippen LogP contribution in [0, 0.1) is 5.92 Å². The summed E-state index contributed by atoms with van der Waals surface area (Å²) in [7, 11) is -3.91. The summed E-state index contributed by atoms with van der Waals surface area (Å²) >= 11 is 0. The number of furan rings is 1. The second kappa shape index (κ2) is 8.68. The van der Waals surface area contributed by atoms with Crippen LogP contribution in [0.15, 0.2) is 21.6 Å². The second-order valence-electron chi connectivity index (χ2n) is 5.81. The van der Waals surface area contributed by atoms with Crippen molar-refractivity contribution in [1.82, 2.24) is 4.72 Å².